The van der Waals surface area contributed by atoms with E-state index in [-0.39, 0.29) is 22.9 Å². The van der Waals surface area contributed by atoms with E-state index in [1.165, 1.54) is 30.3 Å². The van der Waals surface area contributed by atoms with E-state index >= 15 is 0 Å². The fourth-order valence-corrected chi connectivity index (χ4v) is 6.59. The molecule has 0 amide bonds. The summed E-state index contributed by atoms with van der Waals surface area (Å²) in [7, 11) is -7.38. The highest BCUT2D eigenvalue weighted by Gasteiger charge is 2.44. The number of sulfone groups is 1. The van der Waals surface area contributed by atoms with Crippen molar-refractivity contribution in [2.75, 3.05) is 13.1 Å². The van der Waals surface area contributed by atoms with Crippen LogP contribution < -0.4 is 0 Å². The summed E-state index contributed by atoms with van der Waals surface area (Å²) in [5.41, 5.74) is 0.563. The number of rotatable bonds is 4. The molecule has 1 aliphatic rings. The van der Waals surface area contributed by atoms with Gasteiger partial charge in [0.1, 0.15) is 0 Å². The first kappa shape index (κ1) is 18.7. The lowest BCUT2D eigenvalue weighted by Gasteiger charge is -2.37. The third kappa shape index (κ3) is 3.44. The summed E-state index contributed by atoms with van der Waals surface area (Å²) >= 11 is 11.7. The van der Waals surface area contributed by atoms with Crippen LogP contribution in [0.4, 0.5) is 0 Å². The Labute approximate surface area is 157 Å². The van der Waals surface area contributed by atoms with Crippen LogP contribution in [0.2, 0.25) is 10.0 Å². The fourth-order valence-electron chi connectivity index (χ4n) is 2.60. The Balaban J connectivity index is 1.82. The van der Waals surface area contributed by atoms with Crippen molar-refractivity contribution in [1.82, 2.24) is 4.31 Å². The molecule has 2 aromatic carbocycles. The Morgan fingerprint density at radius 3 is 2.08 bits per heavy atom. The second-order valence-electron chi connectivity index (χ2n) is 5.85. The summed E-state index contributed by atoms with van der Waals surface area (Å²) in [6.07, 6.45) is 0. The van der Waals surface area contributed by atoms with Gasteiger partial charge in [-0.2, -0.15) is 4.31 Å². The van der Waals surface area contributed by atoms with E-state index in [0.717, 1.165) is 4.31 Å². The second kappa shape index (κ2) is 6.55. The average Bonchev–Trinajstić information content (AvgIpc) is 2.48. The molecule has 1 heterocycles. The zero-order chi connectivity index (χ0) is 18.4. The zero-order valence-electron chi connectivity index (χ0n) is 13.2. The first-order chi connectivity index (χ1) is 11.6. The summed E-state index contributed by atoms with van der Waals surface area (Å²) in [4.78, 5) is 0.236. The molecule has 2 aromatic rings. The van der Waals surface area contributed by atoms with Crippen molar-refractivity contribution in [2.45, 2.75) is 22.0 Å². The molecule has 0 aromatic heterocycles. The molecule has 0 unspecified atom stereocenters. The van der Waals surface area contributed by atoms with Gasteiger partial charge in [-0.15, -0.1) is 0 Å². The molecule has 0 atom stereocenters. The van der Waals surface area contributed by atoms with Gasteiger partial charge in [-0.25, -0.2) is 16.8 Å². The minimum Gasteiger partial charge on any atom is -0.223 e. The van der Waals surface area contributed by atoms with Crippen LogP contribution in [0, 0.1) is 6.92 Å². The highest BCUT2D eigenvalue weighted by atomic mass is 35.5. The summed E-state index contributed by atoms with van der Waals surface area (Å²) in [6.45, 7) is 1.50. The topological polar surface area (TPSA) is 71.5 Å². The smallest absolute Gasteiger partial charge is 0.223 e. The summed E-state index contributed by atoms with van der Waals surface area (Å²) in [6, 6.07) is 10.5. The van der Waals surface area contributed by atoms with Gasteiger partial charge in [0.15, 0.2) is 9.84 Å². The van der Waals surface area contributed by atoms with E-state index < -0.39 is 25.1 Å². The highest BCUT2D eigenvalue weighted by Crippen LogP contribution is 2.31. The van der Waals surface area contributed by atoms with Gasteiger partial charge in [-0.1, -0.05) is 29.3 Å². The van der Waals surface area contributed by atoms with Crippen molar-refractivity contribution in [3.63, 3.8) is 0 Å². The van der Waals surface area contributed by atoms with E-state index in [1.807, 2.05) is 0 Å². The zero-order valence-corrected chi connectivity index (χ0v) is 16.3. The predicted octanol–water partition coefficient (Wildman–Crippen LogP) is 3.15. The van der Waals surface area contributed by atoms with Crippen molar-refractivity contribution >= 4 is 43.1 Å². The Bertz CT molecular complexity index is 1010. The normalized spacial score (nSPS) is 16.6. The molecule has 0 radical (unpaired) electrons. The minimum atomic E-state index is -3.77. The molecule has 1 saturated heterocycles. The lowest BCUT2D eigenvalue weighted by molar-refractivity contribution is 0.309. The van der Waals surface area contributed by atoms with Crippen molar-refractivity contribution < 1.29 is 16.8 Å². The van der Waals surface area contributed by atoms with Gasteiger partial charge >= 0.3 is 0 Å². The van der Waals surface area contributed by atoms with E-state index in [1.54, 1.807) is 19.1 Å². The van der Waals surface area contributed by atoms with Crippen molar-refractivity contribution in [3.05, 3.63) is 58.1 Å². The van der Waals surface area contributed by atoms with E-state index in [0.29, 0.717) is 15.6 Å². The maximum Gasteiger partial charge on any atom is 0.243 e. The molecule has 5 nitrogen and oxygen atoms in total. The van der Waals surface area contributed by atoms with E-state index in [9.17, 15) is 16.8 Å². The number of benzene rings is 2. The largest absolute Gasteiger partial charge is 0.243 e. The highest BCUT2D eigenvalue weighted by molar-refractivity contribution is 7.92. The maximum absolute atomic E-state index is 12.7. The van der Waals surface area contributed by atoms with Crippen LogP contribution in [-0.4, -0.2) is 39.5 Å². The van der Waals surface area contributed by atoms with Crippen LogP contribution in [0.25, 0.3) is 0 Å². The van der Waals surface area contributed by atoms with E-state index in [4.69, 9.17) is 23.2 Å². The Hall–Kier alpha value is -1.12. The van der Waals surface area contributed by atoms with Gasteiger partial charge < -0.3 is 0 Å². The number of nitrogens with zero attached hydrogens (tertiary/aromatic N) is 1. The Morgan fingerprint density at radius 2 is 1.48 bits per heavy atom. The van der Waals surface area contributed by atoms with Gasteiger partial charge in [-0.3, -0.25) is 0 Å². The first-order valence-electron chi connectivity index (χ1n) is 7.38. The lowest BCUT2D eigenvalue weighted by atomic mass is 10.2. The lowest BCUT2D eigenvalue weighted by Crippen LogP contribution is -2.56. The third-order valence-corrected chi connectivity index (χ3v) is 8.73. The maximum atomic E-state index is 12.7. The molecule has 25 heavy (non-hydrogen) atoms. The molecule has 1 fully saturated rings. The minimum absolute atomic E-state index is 0.0841. The quantitative estimate of drug-likeness (QED) is 0.762. The van der Waals surface area contributed by atoms with Crippen molar-refractivity contribution in [1.29, 1.82) is 0 Å². The van der Waals surface area contributed by atoms with Crippen molar-refractivity contribution in [2.24, 2.45) is 0 Å². The molecule has 0 saturated carbocycles. The molecular formula is C16H15Cl2NO4S2. The molecule has 134 valence electrons. The Morgan fingerprint density at radius 1 is 0.920 bits per heavy atom. The summed E-state index contributed by atoms with van der Waals surface area (Å²) < 4.78 is 51.7. The predicted molar refractivity (Wildman–Crippen MR) is 97.4 cm³/mol. The van der Waals surface area contributed by atoms with Gasteiger partial charge in [0.25, 0.3) is 0 Å². The van der Waals surface area contributed by atoms with Crippen LogP contribution in [0.5, 0.6) is 0 Å². The van der Waals surface area contributed by atoms with Gasteiger partial charge in [0.05, 0.1) is 15.0 Å². The van der Waals surface area contributed by atoms with Gasteiger partial charge in [0.2, 0.25) is 10.0 Å². The summed E-state index contributed by atoms with van der Waals surface area (Å²) in [5, 5.41) is -0.0221. The standard InChI is InChI=1S/C16H15Cl2NO4S2/c1-11-2-3-13(18)8-16(11)25(22,23)19-9-15(10-19)24(20,21)14-6-4-12(17)5-7-14/h2-8,15H,9-10H2,1H3. The van der Waals surface area contributed by atoms with Crippen LogP contribution in [0.1, 0.15) is 5.56 Å². The number of hydrogen-bond acceptors (Lipinski definition) is 4. The number of sulfonamides is 1. The molecule has 1 aliphatic heterocycles. The molecule has 0 spiro atoms. The third-order valence-electron chi connectivity index (χ3n) is 4.16. The first-order valence-corrected chi connectivity index (χ1v) is 11.1. The SMILES string of the molecule is Cc1ccc(Cl)cc1S(=O)(=O)N1CC(S(=O)(=O)c2ccc(Cl)cc2)C1. The van der Waals surface area contributed by atoms with Crippen molar-refractivity contribution in [3.8, 4) is 0 Å². The van der Waals surface area contributed by atoms with Crippen LogP contribution in [-0.2, 0) is 19.9 Å². The van der Waals surface area contributed by atoms with Crippen LogP contribution in [0.3, 0.4) is 0 Å². The number of hydrogen-bond donors (Lipinski definition) is 0. The number of halogens is 2. The molecule has 0 aliphatic carbocycles. The fraction of sp³-hybridized carbons (Fsp3) is 0.250. The summed E-state index contributed by atoms with van der Waals surface area (Å²) in [5.74, 6) is 0. The van der Waals surface area contributed by atoms with Crippen LogP contribution in [0.15, 0.2) is 52.3 Å². The Kier molecular flexibility index (Phi) is 4.89. The average molecular weight is 420 g/mol. The second-order valence-corrected chi connectivity index (χ2v) is 10.9. The van der Waals surface area contributed by atoms with Gasteiger partial charge in [0, 0.05) is 23.1 Å². The van der Waals surface area contributed by atoms with E-state index in [2.05, 4.69) is 0 Å². The molecule has 0 bridgehead atoms. The van der Waals surface area contributed by atoms with Crippen LogP contribution >= 0.6 is 23.2 Å². The molecular weight excluding hydrogens is 405 g/mol. The molecule has 0 N–H and O–H groups in total. The van der Waals surface area contributed by atoms with Gasteiger partial charge in [-0.05, 0) is 48.9 Å². The molecule has 3 rings (SSSR count). The molecule has 9 heteroatoms. The number of aryl methyl sites for hydroxylation is 1. The monoisotopic (exact) mass is 419 g/mol.